The van der Waals surface area contributed by atoms with Crippen LogP contribution in [0.3, 0.4) is 0 Å². The number of nitrogens with zero attached hydrogens (tertiary/aromatic N) is 1. The van der Waals surface area contributed by atoms with Crippen molar-refractivity contribution in [3.05, 3.63) is 0 Å². The van der Waals surface area contributed by atoms with E-state index in [-0.39, 0.29) is 12.1 Å². The summed E-state index contributed by atoms with van der Waals surface area (Å²) in [5.74, 6) is 0.814. The third kappa shape index (κ3) is 7.34. The molecule has 1 aliphatic heterocycles. The minimum absolute atomic E-state index is 0.118. The largest absolute Gasteiger partial charge is 0.466 e. The maximum absolute atomic E-state index is 11.7. The number of likely N-dealkylation sites (tertiary alicyclic amines) is 1. The Labute approximate surface area is 128 Å². The molecular weight excluding hydrogens is 270 g/mol. The number of amides is 1. The highest BCUT2D eigenvalue weighted by Gasteiger charge is 2.33. The zero-order valence-electron chi connectivity index (χ0n) is 14.0. The first-order valence-electron chi connectivity index (χ1n) is 7.81. The van der Waals surface area contributed by atoms with Crippen molar-refractivity contribution >= 4 is 12.1 Å². The molecule has 122 valence electrons. The molecule has 0 aromatic heterocycles. The number of hydrogen-bond donors (Lipinski definition) is 0. The number of rotatable bonds is 6. The van der Waals surface area contributed by atoms with Gasteiger partial charge < -0.3 is 14.4 Å². The van der Waals surface area contributed by atoms with Gasteiger partial charge in [-0.1, -0.05) is 13.8 Å². The molecule has 5 heteroatoms. The third-order valence-corrected chi connectivity index (χ3v) is 3.32. The van der Waals surface area contributed by atoms with Crippen LogP contribution in [0.5, 0.6) is 0 Å². The summed E-state index contributed by atoms with van der Waals surface area (Å²) in [7, 11) is 0. The molecule has 1 rings (SSSR count). The summed E-state index contributed by atoms with van der Waals surface area (Å²) in [6.07, 6.45) is 1.92. The smallest absolute Gasteiger partial charge is 0.410 e. The van der Waals surface area contributed by atoms with Crippen LogP contribution in [0.25, 0.3) is 0 Å². The van der Waals surface area contributed by atoms with Crippen molar-refractivity contribution in [3.8, 4) is 0 Å². The Kier molecular flexibility index (Phi) is 6.49. The van der Waals surface area contributed by atoms with E-state index in [9.17, 15) is 9.59 Å². The molecule has 0 aliphatic carbocycles. The van der Waals surface area contributed by atoms with Crippen molar-refractivity contribution in [2.75, 3.05) is 19.7 Å². The highest BCUT2D eigenvalue weighted by molar-refractivity contribution is 5.69. The summed E-state index contributed by atoms with van der Waals surface area (Å²) in [5.41, 5.74) is -0.450. The summed E-state index contributed by atoms with van der Waals surface area (Å²) in [6.45, 7) is 11.6. The van der Waals surface area contributed by atoms with Crippen LogP contribution >= 0.6 is 0 Å². The molecule has 1 amide bonds. The Morgan fingerprint density at radius 1 is 1.24 bits per heavy atom. The molecule has 1 saturated heterocycles. The Morgan fingerprint density at radius 2 is 1.86 bits per heavy atom. The molecule has 0 aromatic carbocycles. The van der Waals surface area contributed by atoms with Gasteiger partial charge in [0.05, 0.1) is 6.61 Å². The fourth-order valence-electron chi connectivity index (χ4n) is 2.05. The van der Waals surface area contributed by atoms with E-state index in [1.54, 1.807) is 4.90 Å². The molecule has 0 radical (unpaired) electrons. The van der Waals surface area contributed by atoms with Gasteiger partial charge in [0, 0.05) is 19.5 Å². The van der Waals surface area contributed by atoms with E-state index in [1.165, 1.54) is 0 Å². The van der Waals surface area contributed by atoms with E-state index in [0.717, 1.165) is 12.8 Å². The summed E-state index contributed by atoms with van der Waals surface area (Å²) >= 11 is 0. The van der Waals surface area contributed by atoms with Crippen molar-refractivity contribution in [3.63, 3.8) is 0 Å². The summed E-state index contributed by atoms with van der Waals surface area (Å²) in [6, 6.07) is 0. The van der Waals surface area contributed by atoms with Crippen LogP contribution in [0, 0.1) is 11.8 Å². The topological polar surface area (TPSA) is 55.8 Å². The Bertz CT molecular complexity index is 354. The molecule has 1 fully saturated rings. The first kappa shape index (κ1) is 17.8. The maximum Gasteiger partial charge on any atom is 0.410 e. The molecule has 0 atom stereocenters. The predicted molar refractivity (Wildman–Crippen MR) is 80.9 cm³/mol. The normalized spacial score (nSPS) is 15.8. The van der Waals surface area contributed by atoms with Crippen LogP contribution in [-0.4, -0.2) is 42.3 Å². The van der Waals surface area contributed by atoms with Gasteiger partial charge >= 0.3 is 12.1 Å². The van der Waals surface area contributed by atoms with Crippen LogP contribution in [-0.2, 0) is 14.3 Å². The van der Waals surface area contributed by atoms with E-state index in [1.807, 2.05) is 20.8 Å². The highest BCUT2D eigenvalue weighted by atomic mass is 16.6. The number of hydrogen-bond acceptors (Lipinski definition) is 4. The van der Waals surface area contributed by atoms with Crippen molar-refractivity contribution in [1.82, 2.24) is 4.90 Å². The first-order valence-corrected chi connectivity index (χ1v) is 7.81. The standard InChI is InChI=1S/C16H29NO4/c1-12(2)6-7-14(18)20-9-8-13-10-17(11-13)15(19)21-16(3,4)5/h12-13H,6-11H2,1-5H3. The second-order valence-corrected chi connectivity index (χ2v) is 7.19. The summed E-state index contributed by atoms with van der Waals surface area (Å²) < 4.78 is 10.5. The molecule has 0 unspecified atom stereocenters. The van der Waals surface area contributed by atoms with Crippen molar-refractivity contribution < 1.29 is 19.1 Å². The van der Waals surface area contributed by atoms with Crippen LogP contribution in [0.1, 0.15) is 53.9 Å². The monoisotopic (exact) mass is 299 g/mol. The van der Waals surface area contributed by atoms with E-state index < -0.39 is 5.60 Å². The molecule has 1 aliphatic rings. The summed E-state index contributed by atoms with van der Waals surface area (Å²) in [5, 5.41) is 0. The second-order valence-electron chi connectivity index (χ2n) is 7.19. The van der Waals surface area contributed by atoms with E-state index in [4.69, 9.17) is 9.47 Å². The molecule has 21 heavy (non-hydrogen) atoms. The Hall–Kier alpha value is -1.26. The fraction of sp³-hybridized carbons (Fsp3) is 0.875. The molecule has 0 saturated carbocycles. The predicted octanol–water partition coefficient (Wildman–Crippen LogP) is 3.22. The van der Waals surface area contributed by atoms with Gasteiger partial charge in [-0.25, -0.2) is 4.79 Å². The van der Waals surface area contributed by atoms with Crippen LogP contribution in [0.2, 0.25) is 0 Å². The van der Waals surface area contributed by atoms with Gasteiger partial charge in [-0.3, -0.25) is 4.79 Å². The fourth-order valence-corrected chi connectivity index (χ4v) is 2.05. The van der Waals surface area contributed by atoms with Crippen molar-refractivity contribution in [2.24, 2.45) is 11.8 Å². The van der Waals surface area contributed by atoms with Crippen LogP contribution in [0.4, 0.5) is 4.79 Å². The average Bonchev–Trinajstić information content (AvgIpc) is 2.26. The molecule has 0 N–H and O–H groups in total. The van der Waals surface area contributed by atoms with Gasteiger partial charge in [-0.15, -0.1) is 0 Å². The number of carbonyl (C=O) groups is 2. The Balaban J connectivity index is 2.08. The van der Waals surface area contributed by atoms with E-state index >= 15 is 0 Å². The number of esters is 1. The summed E-state index contributed by atoms with van der Waals surface area (Å²) in [4.78, 5) is 24.9. The molecule has 0 aromatic rings. The van der Waals surface area contributed by atoms with E-state index in [0.29, 0.717) is 38.0 Å². The quantitative estimate of drug-likeness (QED) is 0.707. The lowest BCUT2D eigenvalue weighted by atomic mass is 9.97. The van der Waals surface area contributed by atoms with Gasteiger partial charge in [-0.05, 0) is 45.4 Å². The lowest BCUT2D eigenvalue weighted by Gasteiger charge is -2.39. The SMILES string of the molecule is CC(C)CCC(=O)OCCC1CN(C(=O)OC(C)(C)C)C1. The van der Waals surface area contributed by atoms with Gasteiger partial charge in [0.1, 0.15) is 5.60 Å². The number of ether oxygens (including phenoxy) is 2. The molecular formula is C16H29NO4. The first-order chi connectivity index (χ1) is 9.67. The maximum atomic E-state index is 11.7. The minimum atomic E-state index is -0.450. The van der Waals surface area contributed by atoms with Gasteiger partial charge in [-0.2, -0.15) is 0 Å². The lowest BCUT2D eigenvalue weighted by molar-refractivity contribution is -0.144. The molecule has 5 nitrogen and oxygen atoms in total. The van der Waals surface area contributed by atoms with E-state index in [2.05, 4.69) is 13.8 Å². The zero-order valence-corrected chi connectivity index (χ0v) is 14.0. The van der Waals surface area contributed by atoms with Crippen molar-refractivity contribution in [2.45, 2.75) is 59.5 Å². The molecule has 0 bridgehead atoms. The van der Waals surface area contributed by atoms with Crippen LogP contribution in [0.15, 0.2) is 0 Å². The second kappa shape index (κ2) is 7.66. The highest BCUT2D eigenvalue weighted by Crippen LogP contribution is 2.22. The van der Waals surface area contributed by atoms with Gasteiger partial charge in [0.2, 0.25) is 0 Å². The van der Waals surface area contributed by atoms with Gasteiger partial charge in [0.15, 0.2) is 0 Å². The average molecular weight is 299 g/mol. The van der Waals surface area contributed by atoms with Crippen LogP contribution < -0.4 is 0 Å². The third-order valence-electron chi connectivity index (χ3n) is 3.32. The minimum Gasteiger partial charge on any atom is -0.466 e. The van der Waals surface area contributed by atoms with Gasteiger partial charge in [0.25, 0.3) is 0 Å². The number of carbonyl (C=O) groups excluding carboxylic acids is 2. The lowest BCUT2D eigenvalue weighted by Crippen LogP contribution is -2.51. The molecule has 1 heterocycles. The van der Waals surface area contributed by atoms with Crippen molar-refractivity contribution in [1.29, 1.82) is 0 Å². The Morgan fingerprint density at radius 3 is 2.38 bits per heavy atom. The zero-order chi connectivity index (χ0) is 16.0. The molecule has 0 spiro atoms.